The monoisotopic (exact) mass is 303 g/mol. The average Bonchev–Trinajstić information content (AvgIpc) is 2.86. The molecule has 1 aliphatic heterocycles. The lowest BCUT2D eigenvalue weighted by Gasteiger charge is -2.19. The molecule has 2 heterocycles. The molecule has 0 unspecified atom stereocenters. The zero-order chi connectivity index (χ0) is 14.7. The first-order valence-electron chi connectivity index (χ1n) is 7.09. The molecule has 1 aliphatic rings. The number of anilines is 3. The smallest absolute Gasteiger partial charge is 0.223 e. The van der Waals surface area contributed by atoms with Gasteiger partial charge in [-0.05, 0) is 24.5 Å². The molecule has 0 radical (unpaired) electrons. The molecule has 0 aliphatic carbocycles. The Morgan fingerprint density at radius 3 is 3.00 bits per heavy atom. The summed E-state index contributed by atoms with van der Waals surface area (Å²) in [6.07, 6.45) is 2.16. The number of aromatic nitrogens is 2. The number of nitrogens with one attached hydrogen (secondary N) is 1. The molecule has 0 saturated heterocycles. The molecular weight excluding hydrogens is 286 g/mol. The maximum atomic E-state index is 5.84. The van der Waals surface area contributed by atoms with Gasteiger partial charge in [-0.15, -0.1) is 0 Å². The summed E-state index contributed by atoms with van der Waals surface area (Å²) in [4.78, 5) is 10.4. The molecule has 0 saturated carbocycles. The van der Waals surface area contributed by atoms with Gasteiger partial charge in [0.25, 0.3) is 0 Å². The Kier molecular flexibility index (Phi) is 4.10. The van der Waals surface area contributed by atoms with Gasteiger partial charge in [0.1, 0.15) is 11.0 Å². The highest BCUT2D eigenvalue weighted by molar-refractivity contribution is 6.29. The van der Waals surface area contributed by atoms with E-state index in [0.29, 0.717) is 11.0 Å². The molecule has 0 atom stereocenters. The zero-order valence-corrected chi connectivity index (χ0v) is 12.5. The van der Waals surface area contributed by atoms with Crippen LogP contribution < -0.4 is 16.0 Å². The number of para-hydroxylation sites is 1. The second kappa shape index (κ2) is 6.18. The van der Waals surface area contributed by atoms with E-state index in [-0.39, 0.29) is 5.95 Å². The summed E-state index contributed by atoms with van der Waals surface area (Å²) in [6, 6.07) is 10.3. The first-order valence-corrected chi connectivity index (χ1v) is 7.47. The fourth-order valence-corrected chi connectivity index (χ4v) is 2.84. The number of nitrogen functional groups attached to an aromatic ring is 1. The second-order valence-electron chi connectivity index (χ2n) is 5.08. The van der Waals surface area contributed by atoms with Gasteiger partial charge < -0.3 is 16.0 Å². The molecule has 3 N–H and O–H groups in total. The summed E-state index contributed by atoms with van der Waals surface area (Å²) in [5.74, 6) is 0.868. The molecule has 0 spiro atoms. The van der Waals surface area contributed by atoms with E-state index < -0.39 is 0 Å². The van der Waals surface area contributed by atoms with E-state index >= 15 is 0 Å². The lowest BCUT2D eigenvalue weighted by atomic mass is 10.2. The quantitative estimate of drug-likeness (QED) is 0.656. The van der Waals surface area contributed by atoms with Crippen LogP contribution in [-0.4, -0.2) is 29.6 Å². The van der Waals surface area contributed by atoms with Gasteiger partial charge in [-0.1, -0.05) is 29.8 Å². The van der Waals surface area contributed by atoms with Crippen molar-refractivity contribution in [2.45, 2.75) is 12.8 Å². The molecule has 1 aromatic heterocycles. The summed E-state index contributed by atoms with van der Waals surface area (Å²) in [5.41, 5.74) is 8.37. The highest BCUT2D eigenvalue weighted by Gasteiger charge is 2.17. The Balaban J connectivity index is 1.49. The van der Waals surface area contributed by atoms with Crippen LogP contribution in [0.3, 0.4) is 0 Å². The molecule has 0 bridgehead atoms. The highest BCUT2D eigenvalue weighted by Crippen LogP contribution is 2.27. The van der Waals surface area contributed by atoms with Crippen LogP contribution in [0, 0.1) is 0 Å². The van der Waals surface area contributed by atoms with Crippen LogP contribution in [0.1, 0.15) is 12.0 Å². The van der Waals surface area contributed by atoms with Crippen molar-refractivity contribution in [2.75, 3.05) is 35.6 Å². The van der Waals surface area contributed by atoms with E-state index in [2.05, 4.69) is 44.5 Å². The largest absolute Gasteiger partial charge is 0.371 e. The van der Waals surface area contributed by atoms with Crippen LogP contribution in [0.2, 0.25) is 5.15 Å². The Morgan fingerprint density at radius 1 is 1.29 bits per heavy atom. The van der Waals surface area contributed by atoms with Crippen molar-refractivity contribution in [2.24, 2.45) is 0 Å². The summed E-state index contributed by atoms with van der Waals surface area (Å²) >= 11 is 5.84. The van der Waals surface area contributed by atoms with Crippen LogP contribution >= 0.6 is 11.6 Å². The number of hydrogen-bond acceptors (Lipinski definition) is 5. The minimum Gasteiger partial charge on any atom is -0.371 e. The van der Waals surface area contributed by atoms with Crippen LogP contribution in [0.5, 0.6) is 0 Å². The van der Waals surface area contributed by atoms with E-state index in [0.717, 1.165) is 32.5 Å². The summed E-state index contributed by atoms with van der Waals surface area (Å²) in [5, 5.41) is 3.59. The molecular formula is C15H18ClN5. The molecule has 3 rings (SSSR count). The molecule has 1 aromatic carbocycles. The number of hydrogen-bond donors (Lipinski definition) is 2. The Labute approximate surface area is 129 Å². The van der Waals surface area contributed by atoms with Crippen molar-refractivity contribution in [3.8, 4) is 0 Å². The number of rotatable bonds is 5. The standard InChI is InChI=1S/C15H18ClN5/c16-13-10-14(20-15(17)19-13)18-7-3-8-21-9-6-11-4-1-2-5-12(11)21/h1-2,4-5,10H,3,6-9H2,(H3,17,18,19,20). The van der Waals surface area contributed by atoms with Crippen LogP contribution in [0.25, 0.3) is 0 Å². The van der Waals surface area contributed by atoms with Gasteiger partial charge in [-0.3, -0.25) is 0 Å². The first kappa shape index (κ1) is 13.9. The van der Waals surface area contributed by atoms with Gasteiger partial charge in [-0.25, -0.2) is 4.98 Å². The lowest BCUT2D eigenvalue weighted by molar-refractivity contribution is 0.772. The number of nitrogens with zero attached hydrogens (tertiary/aromatic N) is 3. The molecule has 21 heavy (non-hydrogen) atoms. The van der Waals surface area contributed by atoms with Crippen LogP contribution in [0.4, 0.5) is 17.5 Å². The summed E-state index contributed by atoms with van der Waals surface area (Å²) < 4.78 is 0. The van der Waals surface area contributed by atoms with Gasteiger partial charge in [0.2, 0.25) is 5.95 Å². The Bertz CT molecular complexity index is 611. The third-order valence-corrected chi connectivity index (χ3v) is 3.80. The molecule has 0 amide bonds. The van der Waals surface area contributed by atoms with Gasteiger partial charge in [0.05, 0.1) is 0 Å². The SMILES string of the molecule is Nc1nc(Cl)cc(NCCCN2CCc3ccccc32)n1. The number of fused-ring (bicyclic) bond motifs is 1. The maximum absolute atomic E-state index is 5.84. The predicted octanol–water partition coefficient (Wildman–Crippen LogP) is 2.58. The van der Waals surface area contributed by atoms with E-state index in [4.69, 9.17) is 17.3 Å². The minimum absolute atomic E-state index is 0.193. The van der Waals surface area contributed by atoms with Crippen molar-refractivity contribution in [3.63, 3.8) is 0 Å². The van der Waals surface area contributed by atoms with E-state index in [1.54, 1.807) is 6.07 Å². The van der Waals surface area contributed by atoms with Gasteiger partial charge in [0.15, 0.2) is 0 Å². The van der Waals surface area contributed by atoms with E-state index in [1.165, 1.54) is 11.3 Å². The Morgan fingerprint density at radius 2 is 2.14 bits per heavy atom. The van der Waals surface area contributed by atoms with Crippen molar-refractivity contribution >= 4 is 29.1 Å². The van der Waals surface area contributed by atoms with Gasteiger partial charge in [-0.2, -0.15) is 4.98 Å². The third-order valence-electron chi connectivity index (χ3n) is 3.61. The Hall–Kier alpha value is -2.01. The average molecular weight is 304 g/mol. The minimum atomic E-state index is 0.193. The number of nitrogens with two attached hydrogens (primary N) is 1. The normalized spacial score (nSPS) is 13.3. The van der Waals surface area contributed by atoms with E-state index in [1.807, 2.05) is 0 Å². The van der Waals surface area contributed by atoms with Crippen molar-refractivity contribution in [1.29, 1.82) is 0 Å². The topological polar surface area (TPSA) is 67.1 Å². The molecule has 2 aromatic rings. The summed E-state index contributed by atoms with van der Waals surface area (Å²) in [6.45, 7) is 2.95. The van der Waals surface area contributed by atoms with Crippen molar-refractivity contribution < 1.29 is 0 Å². The molecule has 110 valence electrons. The predicted molar refractivity (Wildman–Crippen MR) is 86.9 cm³/mol. The molecule has 0 fully saturated rings. The zero-order valence-electron chi connectivity index (χ0n) is 11.7. The fraction of sp³-hybridized carbons (Fsp3) is 0.333. The molecule has 6 heteroatoms. The van der Waals surface area contributed by atoms with Crippen molar-refractivity contribution in [1.82, 2.24) is 9.97 Å². The fourth-order valence-electron chi connectivity index (χ4n) is 2.65. The highest BCUT2D eigenvalue weighted by atomic mass is 35.5. The lowest BCUT2D eigenvalue weighted by Crippen LogP contribution is -2.23. The maximum Gasteiger partial charge on any atom is 0.223 e. The number of halogens is 1. The first-order chi connectivity index (χ1) is 10.2. The summed E-state index contributed by atoms with van der Waals surface area (Å²) in [7, 11) is 0. The van der Waals surface area contributed by atoms with E-state index in [9.17, 15) is 0 Å². The third kappa shape index (κ3) is 3.36. The molecule has 5 nitrogen and oxygen atoms in total. The van der Waals surface area contributed by atoms with Gasteiger partial charge in [0, 0.05) is 31.4 Å². The number of benzene rings is 1. The van der Waals surface area contributed by atoms with Gasteiger partial charge >= 0.3 is 0 Å². The van der Waals surface area contributed by atoms with Crippen LogP contribution in [0.15, 0.2) is 30.3 Å². The van der Waals surface area contributed by atoms with Crippen LogP contribution in [-0.2, 0) is 6.42 Å². The van der Waals surface area contributed by atoms with Crippen molar-refractivity contribution in [3.05, 3.63) is 41.0 Å². The second-order valence-corrected chi connectivity index (χ2v) is 5.47.